The van der Waals surface area contributed by atoms with Gasteiger partial charge in [0.15, 0.2) is 5.79 Å². The second-order valence-corrected chi connectivity index (χ2v) is 5.77. The van der Waals surface area contributed by atoms with E-state index in [4.69, 9.17) is 22.6 Å². The van der Waals surface area contributed by atoms with Crippen LogP contribution in [0.4, 0.5) is 0 Å². The second kappa shape index (κ2) is 5.10. The van der Waals surface area contributed by atoms with Crippen molar-refractivity contribution in [3.8, 4) is 0 Å². The van der Waals surface area contributed by atoms with Crippen LogP contribution in [-0.2, 0) is 38.7 Å². The molecule has 0 aromatic heterocycles. The lowest BCUT2D eigenvalue weighted by Crippen LogP contribution is -2.52. The predicted molar refractivity (Wildman–Crippen MR) is 64.0 cm³/mol. The van der Waals surface area contributed by atoms with Crippen LogP contribution in [0.2, 0.25) is 0 Å². The van der Waals surface area contributed by atoms with Crippen molar-refractivity contribution in [2.75, 3.05) is 13.2 Å². The Bertz CT molecular complexity index is 397. The first-order chi connectivity index (χ1) is 8.78. The number of hydrogen-bond acceptors (Lipinski definition) is 7. The van der Waals surface area contributed by atoms with Crippen LogP contribution in [-0.4, -0.2) is 47.0 Å². The quantitative estimate of drug-likeness (QED) is 0.699. The Balaban J connectivity index is 2.18. The van der Waals surface area contributed by atoms with Crippen LogP contribution < -0.4 is 0 Å². The van der Waals surface area contributed by atoms with E-state index in [1.807, 2.05) is 0 Å². The molecule has 7 nitrogen and oxygen atoms in total. The van der Waals surface area contributed by atoms with Crippen molar-refractivity contribution in [2.45, 2.75) is 51.3 Å². The van der Waals surface area contributed by atoms with Gasteiger partial charge in [0.05, 0.1) is 13.2 Å². The molecular formula is C11H18O7S. The summed E-state index contributed by atoms with van der Waals surface area (Å²) in [6, 6.07) is 0. The summed E-state index contributed by atoms with van der Waals surface area (Å²) in [5.74, 6) is -1.40. The third kappa shape index (κ3) is 2.82. The van der Waals surface area contributed by atoms with Gasteiger partial charge in [-0.3, -0.25) is 4.18 Å². The Labute approximate surface area is 114 Å². The molecule has 2 aliphatic rings. The van der Waals surface area contributed by atoms with E-state index < -0.39 is 40.9 Å². The lowest BCUT2D eigenvalue weighted by Gasteiger charge is -2.27. The average Bonchev–Trinajstić information content (AvgIpc) is 2.80. The zero-order chi connectivity index (χ0) is 14.3. The van der Waals surface area contributed by atoms with Gasteiger partial charge in [-0.25, -0.2) is 8.98 Å². The number of carbonyl (C=O) groups is 1. The Hall–Kier alpha value is -0.540. The summed E-state index contributed by atoms with van der Waals surface area (Å²) in [4.78, 5) is 12.0. The fourth-order valence-corrected chi connectivity index (χ4v) is 3.05. The van der Waals surface area contributed by atoms with Gasteiger partial charge >= 0.3 is 17.3 Å². The SMILES string of the molecule is CCOC(=O)[C@@]1(C)OS(=O)O[C@@H]1[C@H]1COC(C)(C)O1. The summed E-state index contributed by atoms with van der Waals surface area (Å²) in [6.45, 7) is 7.09. The Morgan fingerprint density at radius 2 is 2.11 bits per heavy atom. The van der Waals surface area contributed by atoms with Gasteiger partial charge in [-0.1, -0.05) is 0 Å². The molecule has 2 aliphatic heterocycles. The summed E-state index contributed by atoms with van der Waals surface area (Å²) in [7, 11) is 0. The van der Waals surface area contributed by atoms with E-state index in [0.29, 0.717) is 0 Å². The number of ether oxygens (including phenoxy) is 3. The van der Waals surface area contributed by atoms with Gasteiger partial charge in [0, 0.05) is 0 Å². The number of carbonyl (C=O) groups excluding carboxylic acids is 1. The molecule has 2 rings (SSSR count). The minimum atomic E-state index is -2.00. The summed E-state index contributed by atoms with van der Waals surface area (Å²) < 4.78 is 37.7. The van der Waals surface area contributed by atoms with Crippen LogP contribution >= 0.6 is 0 Å². The molecule has 0 bridgehead atoms. The van der Waals surface area contributed by atoms with E-state index in [1.165, 1.54) is 6.92 Å². The molecule has 0 amide bonds. The van der Waals surface area contributed by atoms with E-state index in [9.17, 15) is 9.00 Å². The molecule has 0 saturated carbocycles. The van der Waals surface area contributed by atoms with Crippen molar-refractivity contribution in [2.24, 2.45) is 0 Å². The first-order valence-electron chi connectivity index (χ1n) is 6.06. The highest BCUT2D eigenvalue weighted by atomic mass is 32.2. The molecule has 2 heterocycles. The molecule has 0 aromatic carbocycles. The fraction of sp³-hybridized carbons (Fsp3) is 0.909. The topological polar surface area (TPSA) is 80.3 Å². The van der Waals surface area contributed by atoms with Crippen molar-refractivity contribution in [3.63, 3.8) is 0 Å². The van der Waals surface area contributed by atoms with Crippen LogP contribution in [0.5, 0.6) is 0 Å². The van der Waals surface area contributed by atoms with Crippen molar-refractivity contribution in [3.05, 3.63) is 0 Å². The minimum absolute atomic E-state index is 0.199. The van der Waals surface area contributed by atoms with Crippen molar-refractivity contribution in [1.82, 2.24) is 0 Å². The smallest absolute Gasteiger partial charge is 0.342 e. The number of rotatable bonds is 3. The number of esters is 1. The molecule has 1 unspecified atom stereocenters. The van der Waals surface area contributed by atoms with Gasteiger partial charge in [-0.2, -0.15) is 4.21 Å². The molecular weight excluding hydrogens is 276 g/mol. The van der Waals surface area contributed by atoms with Crippen LogP contribution in [0.1, 0.15) is 27.7 Å². The highest BCUT2D eigenvalue weighted by Crippen LogP contribution is 2.37. The summed E-state index contributed by atoms with van der Waals surface area (Å²) >= 11 is -2.00. The highest BCUT2D eigenvalue weighted by molar-refractivity contribution is 7.75. The van der Waals surface area contributed by atoms with Gasteiger partial charge < -0.3 is 14.2 Å². The highest BCUT2D eigenvalue weighted by Gasteiger charge is 2.59. The molecule has 2 saturated heterocycles. The van der Waals surface area contributed by atoms with Gasteiger partial charge in [0.2, 0.25) is 5.60 Å². The summed E-state index contributed by atoms with van der Waals surface area (Å²) in [5, 5.41) is 0. The standard InChI is InChI=1S/C11H18O7S/c1-5-14-9(12)11(4)8(17-19(13)18-11)7-6-15-10(2,3)16-7/h7-8H,5-6H2,1-4H3/t7-,8-,11+,19?/m1/s1. The van der Waals surface area contributed by atoms with E-state index in [0.717, 1.165) is 0 Å². The van der Waals surface area contributed by atoms with Gasteiger partial charge in [-0.05, 0) is 27.7 Å². The maximum Gasteiger partial charge on any atom is 0.342 e. The Morgan fingerprint density at radius 3 is 2.63 bits per heavy atom. The van der Waals surface area contributed by atoms with Crippen molar-refractivity contribution >= 4 is 17.3 Å². The second-order valence-electron chi connectivity index (χ2n) is 5.00. The summed E-state index contributed by atoms with van der Waals surface area (Å²) in [6.07, 6.45) is -1.38. The molecule has 4 atom stereocenters. The van der Waals surface area contributed by atoms with E-state index in [1.54, 1.807) is 20.8 Å². The fourth-order valence-electron chi connectivity index (χ4n) is 2.09. The molecule has 0 radical (unpaired) electrons. The van der Waals surface area contributed by atoms with Crippen LogP contribution in [0.3, 0.4) is 0 Å². The first kappa shape index (κ1) is 14.9. The Morgan fingerprint density at radius 1 is 1.42 bits per heavy atom. The van der Waals surface area contributed by atoms with Gasteiger partial charge in [0.25, 0.3) is 0 Å². The van der Waals surface area contributed by atoms with E-state index >= 15 is 0 Å². The van der Waals surface area contributed by atoms with Crippen LogP contribution in [0.25, 0.3) is 0 Å². The molecule has 0 spiro atoms. The van der Waals surface area contributed by atoms with E-state index in [-0.39, 0.29) is 13.2 Å². The first-order valence-corrected chi connectivity index (χ1v) is 7.06. The monoisotopic (exact) mass is 294 g/mol. The average molecular weight is 294 g/mol. The Kier molecular flexibility index (Phi) is 3.99. The van der Waals surface area contributed by atoms with Gasteiger partial charge in [-0.15, -0.1) is 0 Å². The van der Waals surface area contributed by atoms with Crippen molar-refractivity contribution in [1.29, 1.82) is 0 Å². The van der Waals surface area contributed by atoms with Gasteiger partial charge in [0.1, 0.15) is 12.2 Å². The zero-order valence-corrected chi connectivity index (χ0v) is 12.2. The third-order valence-corrected chi connectivity index (χ3v) is 3.86. The maximum atomic E-state index is 12.0. The minimum Gasteiger partial charge on any atom is -0.464 e. The lowest BCUT2D eigenvalue weighted by atomic mass is 9.95. The largest absolute Gasteiger partial charge is 0.464 e. The van der Waals surface area contributed by atoms with E-state index in [2.05, 4.69) is 0 Å². The van der Waals surface area contributed by atoms with Crippen LogP contribution in [0, 0.1) is 0 Å². The third-order valence-electron chi connectivity index (χ3n) is 3.02. The zero-order valence-electron chi connectivity index (χ0n) is 11.3. The molecule has 19 heavy (non-hydrogen) atoms. The van der Waals surface area contributed by atoms with Crippen LogP contribution in [0.15, 0.2) is 0 Å². The van der Waals surface area contributed by atoms with Crippen molar-refractivity contribution < 1.29 is 31.6 Å². The summed E-state index contributed by atoms with van der Waals surface area (Å²) in [5.41, 5.74) is -1.46. The molecule has 0 aromatic rings. The molecule has 110 valence electrons. The normalized spacial score (nSPS) is 41.4. The predicted octanol–water partition coefficient (Wildman–Crippen LogP) is 0.454. The maximum absolute atomic E-state index is 12.0. The molecule has 2 fully saturated rings. The molecule has 0 aliphatic carbocycles. The lowest BCUT2D eigenvalue weighted by molar-refractivity contribution is -0.175. The molecule has 8 heteroatoms. The molecule has 0 N–H and O–H groups in total. The number of hydrogen-bond donors (Lipinski definition) is 0.